The second-order valence-electron chi connectivity index (χ2n) is 8.81. The van der Waals surface area contributed by atoms with Crippen LogP contribution in [-0.4, -0.2) is 53.1 Å². The standard InChI is InChI=1S/C22H33NO4/c1-22(2,3)27-21(25)23-14-13-20(24)19(23)15-26-18-11-9-17(10-12-18)16-7-5-4-6-8-16/h4-8,17-20,24H,9-15H2,1-3H3/t17?,18?,19-,20-/m1/s1. The van der Waals surface area contributed by atoms with Gasteiger partial charge >= 0.3 is 6.09 Å². The lowest BCUT2D eigenvalue weighted by atomic mass is 9.83. The Hall–Kier alpha value is -1.59. The summed E-state index contributed by atoms with van der Waals surface area (Å²) < 4.78 is 11.6. The number of ether oxygens (including phenoxy) is 2. The molecule has 1 heterocycles. The monoisotopic (exact) mass is 375 g/mol. The van der Waals surface area contributed by atoms with Crippen molar-refractivity contribution >= 4 is 6.09 Å². The van der Waals surface area contributed by atoms with Crippen LogP contribution in [0.2, 0.25) is 0 Å². The quantitative estimate of drug-likeness (QED) is 0.861. The van der Waals surface area contributed by atoms with E-state index in [0.717, 1.165) is 25.7 Å². The Balaban J connectivity index is 1.48. The SMILES string of the molecule is CC(C)(C)OC(=O)N1CC[C@@H](O)[C@H]1COC1CCC(c2ccccc2)CC1. The highest BCUT2D eigenvalue weighted by molar-refractivity contribution is 5.69. The Morgan fingerprint density at radius 3 is 2.41 bits per heavy atom. The summed E-state index contributed by atoms with van der Waals surface area (Å²) in [6.45, 7) is 6.46. The number of nitrogens with zero attached hydrogens (tertiary/aromatic N) is 1. The normalized spacial score (nSPS) is 29.0. The van der Waals surface area contributed by atoms with Gasteiger partial charge in [0.1, 0.15) is 5.60 Å². The van der Waals surface area contributed by atoms with Crippen LogP contribution in [0.25, 0.3) is 0 Å². The van der Waals surface area contributed by atoms with Crippen LogP contribution in [0, 0.1) is 0 Å². The largest absolute Gasteiger partial charge is 0.444 e. The number of amides is 1. The molecule has 1 amide bonds. The molecule has 1 saturated carbocycles. The Morgan fingerprint density at radius 1 is 1.11 bits per heavy atom. The zero-order valence-corrected chi connectivity index (χ0v) is 16.8. The fourth-order valence-electron chi connectivity index (χ4n) is 4.11. The highest BCUT2D eigenvalue weighted by Gasteiger charge is 2.39. The molecule has 1 aliphatic heterocycles. The number of aliphatic hydroxyl groups is 1. The van der Waals surface area contributed by atoms with E-state index < -0.39 is 11.7 Å². The van der Waals surface area contributed by atoms with Crippen LogP contribution in [0.4, 0.5) is 4.79 Å². The van der Waals surface area contributed by atoms with Gasteiger partial charge in [0.25, 0.3) is 0 Å². The lowest BCUT2D eigenvalue weighted by Crippen LogP contribution is -2.45. The van der Waals surface area contributed by atoms with Crippen LogP contribution < -0.4 is 0 Å². The lowest BCUT2D eigenvalue weighted by Gasteiger charge is -2.32. The van der Waals surface area contributed by atoms with E-state index in [1.54, 1.807) is 4.90 Å². The Morgan fingerprint density at radius 2 is 1.78 bits per heavy atom. The summed E-state index contributed by atoms with van der Waals surface area (Å²) in [6, 6.07) is 10.4. The summed E-state index contributed by atoms with van der Waals surface area (Å²) >= 11 is 0. The van der Waals surface area contributed by atoms with E-state index >= 15 is 0 Å². The number of aliphatic hydroxyl groups excluding tert-OH is 1. The molecule has 1 saturated heterocycles. The van der Waals surface area contributed by atoms with Gasteiger partial charge in [-0.25, -0.2) is 4.79 Å². The predicted octanol–water partition coefficient (Wildman–Crippen LogP) is 4.10. The molecule has 0 bridgehead atoms. The summed E-state index contributed by atoms with van der Waals surface area (Å²) in [4.78, 5) is 14.0. The van der Waals surface area contributed by atoms with E-state index in [1.807, 2.05) is 20.8 Å². The third-order valence-corrected chi connectivity index (χ3v) is 5.59. The summed E-state index contributed by atoms with van der Waals surface area (Å²) in [5.74, 6) is 0.612. The van der Waals surface area contributed by atoms with E-state index in [1.165, 1.54) is 5.56 Å². The lowest BCUT2D eigenvalue weighted by molar-refractivity contribution is -0.0337. The number of carbonyl (C=O) groups is 1. The minimum absolute atomic E-state index is 0.207. The molecule has 0 spiro atoms. The molecule has 1 aromatic rings. The second kappa shape index (κ2) is 8.61. The summed E-state index contributed by atoms with van der Waals surface area (Å²) in [5, 5.41) is 10.3. The van der Waals surface area contributed by atoms with Gasteiger partial charge in [-0.3, -0.25) is 0 Å². The fourth-order valence-corrected chi connectivity index (χ4v) is 4.11. The van der Waals surface area contributed by atoms with Crippen LogP contribution in [0.3, 0.4) is 0 Å². The average molecular weight is 376 g/mol. The van der Waals surface area contributed by atoms with Gasteiger partial charge < -0.3 is 19.5 Å². The smallest absolute Gasteiger partial charge is 0.410 e. The van der Waals surface area contributed by atoms with Crippen molar-refractivity contribution in [2.24, 2.45) is 0 Å². The van der Waals surface area contributed by atoms with E-state index in [9.17, 15) is 9.90 Å². The van der Waals surface area contributed by atoms with Crippen LogP contribution in [0.1, 0.15) is 64.4 Å². The molecule has 3 rings (SSSR count). The maximum absolute atomic E-state index is 12.4. The molecule has 1 aromatic carbocycles. The van der Waals surface area contributed by atoms with Gasteiger partial charge in [-0.1, -0.05) is 30.3 Å². The Kier molecular flexibility index (Phi) is 6.43. The van der Waals surface area contributed by atoms with Crippen LogP contribution in [-0.2, 0) is 9.47 Å². The number of likely N-dealkylation sites (tertiary alicyclic amines) is 1. The Bertz CT molecular complexity index is 604. The van der Waals surface area contributed by atoms with Gasteiger partial charge in [-0.05, 0) is 64.4 Å². The van der Waals surface area contributed by atoms with Crippen molar-refractivity contribution in [3.8, 4) is 0 Å². The zero-order valence-electron chi connectivity index (χ0n) is 16.8. The maximum Gasteiger partial charge on any atom is 0.410 e. The van der Waals surface area contributed by atoms with Crippen LogP contribution in [0.5, 0.6) is 0 Å². The first-order valence-corrected chi connectivity index (χ1v) is 10.2. The second-order valence-corrected chi connectivity index (χ2v) is 8.81. The van der Waals surface area contributed by atoms with Gasteiger partial charge in [0.2, 0.25) is 0 Å². The zero-order chi connectivity index (χ0) is 19.4. The first-order valence-electron chi connectivity index (χ1n) is 10.2. The number of carbonyl (C=O) groups excluding carboxylic acids is 1. The van der Waals surface area contributed by atoms with Crippen molar-refractivity contribution in [1.82, 2.24) is 4.90 Å². The van der Waals surface area contributed by atoms with Crippen molar-refractivity contribution in [2.45, 2.75) is 82.6 Å². The molecule has 2 aliphatic rings. The minimum Gasteiger partial charge on any atom is -0.444 e. The summed E-state index contributed by atoms with van der Waals surface area (Å²) in [6.07, 6.45) is 4.17. The van der Waals surface area contributed by atoms with E-state index in [-0.39, 0.29) is 18.2 Å². The highest BCUT2D eigenvalue weighted by atomic mass is 16.6. The van der Waals surface area contributed by atoms with Gasteiger partial charge in [0, 0.05) is 6.54 Å². The third-order valence-electron chi connectivity index (χ3n) is 5.59. The molecule has 1 N–H and O–H groups in total. The minimum atomic E-state index is -0.543. The molecule has 1 aliphatic carbocycles. The highest BCUT2D eigenvalue weighted by Crippen LogP contribution is 2.34. The van der Waals surface area contributed by atoms with Crippen molar-refractivity contribution in [1.29, 1.82) is 0 Å². The topological polar surface area (TPSA) is 59.0 Å². The predicted molar refractivity (Wildman–Crippen MR) is 105 cm³/mol. The van der Waals surface area contributed by atoms with Crippen molar-refractivity contribution in [3.05, 3.63) is 35.9 Å². The van der Waals surface area contributed by atoms with Crippen LogP contribution >= 0.6 is 0 Å². The Labute approximate surface area is 162 Å². The molecule has 27 heavy (non-hydrogen) atoms. The van der Waals surface area contributed by atoms with Crippen molar-refractivity contribution < 1.29 is 19.4 Å². The maximum atomic E-state index is 12.4. The summed E-state index contributed by atoms with van der Waals surface area (Å²) in [7, 11) is 0. The number of rotatable bonds is 4. The molecule has 2 atom stereocenters. The number of benzene rings is 1. The molecular formula is C22H33NO4. The molecule has 5 heteroatoms. The molecular weight excluding hydrogens is 342 g/mol. The van der Waals surface area contributed by atoms with Gasteiger partial charge in [-0.15, -0.1) is 0 Å². The molecule has 0 aromatic heterocycles. The van der Waals surface area contributed by atoms with E-state index in [2.05, 4.69) is 30.3 Å². The van der Waals surface area contributed by atoms with Gasteiger partial charge in [0.15, 0.2) is 0 Å². The molecule has 2 fully saturated rings. The molecule has 0 radical (unpaired) electrons. The molecule has 150 valence electrons. The van der Waals surface area contributed by atoms with Gasteiger partial charge in [-0.2, -0.15) is 0 Å². The van der Waals surface area contributed by atoms with Crippen LogP contribution in [0.15, 0.2) is 30.3 Å². The van der Waals surface area contributed by atoms with Gasteiger partial charge in [0.05, 0.1) is 24.9 Å². The first-order chi connectivity index (χ1) is 12.8. The van der Waals surface area contributed by atoms with E-state index in [4.69, 9.17) is 9.47 Å². The number of hydrogen-bond donors (Lipinski definition) is 1. The number of hydrogen-bond acceptors (Lipinski definition) is 4. The third kappa shape index (κ3) is 5.45. The summed E-state index contributed by atoms with van der Waals surface area (Å²) in [5.41, 5.74) is 0.879. The average Bonchev–Trinajstić information content (AvgIpc) is 3.00. The molecule has 5 nitrogen and oxygen atoms in total. The van der Waals surface area contributed by atoms with Crippen molar-refractivity contribution in [2.75, 3.05) is 13.2 Å². The fraction of sp³-hybridized carbons (Fsp3) is 0.682. The van der Waals surface area contributed by atoms with E-state index in [0.29, 0.717) is 25.5 Å². The first kappa shape index (κ1) is 20.2. The molecule has 0 unspecified atom stereocenters. The van der Waals surface area contributed by atoms with Crippen molar-refractivity contribution in [3.63, 3.8) is 0 Å².